The van der Waals surface area contributed by atoms with Crippen LogP contribution in [0.2, 0.25) is 0 Å². The molecule has 2 heterocycles. The monoisotopic (exact) mass is 381 g/mol. The number of pyridine rings is 1. The molecule has 3 aromatic rings. The maximum Gasteiger partial charge on any atom is 0.230 e. The third-order valence-electron chi connectivity index (χ3n) is 3.68. The molecule has 3 rings (SSSR count). The fourth-order valence-electron chi connectivity index (χ4n) is 2.38. The molecule has 0 fully saturated rings. The second-order valence-electron chi connectivity index (χ2n) is 5.46. The van der Waals surface area contributed by atoms with Crippen molar-refractivity contribution in [1.82, 2.24) is 25.1 Å². The minimum absolute atomic E-state index is 0.0883. The molecule has 0 spiro atoms. The van der Waals surface area contributed by atoms with Crippen molar-refractivity contribution >= 4 is 17.7 Å². The minimum Gasteiger partial charge on any atom is -0.497 e. The van der Waals surface area contributed by atoms with Crippen LogP contribution in [0.3, 0.4) is 0 Å². The Morgan fingerprint density at radius 3 is 2.63 bits per heavy atom. The van der Waals surface area contributed by atoms with E-state index in [-0.39, 0.29) is 11.7 Å². The highest BCUT2D eigenvalue weighted by atomic mass is 32.2. The van der Waals surface area contributed by atoms with E-state index in [1.807, 2.05) is 41.0 Å². The smallest absolute Gasteiger partial charge is 0.230 e. The summed E-state index contributed by atoms with van der Waals surface area (Å²) in [5.41, 5.74) is 1.76. The molecule has 0 atom stereocenters. The van der Waals surface area contributed by atoms with Gasteiger partial charge >= 0.3 is 0 Å². The Balaban J connectivity index is 1.94. The number of carbonyl (C=O) groups excluding carboxylic acids is 1. The molecule has 0 aliphatic rings. The zero-order valence-electron chi connectivity index (χ0n) is 14.8. The van der Waals surface area contributed by atoms with Crippen LogP contribution in [0.5, 0.6) is 5.75 Å². The van der Waals surface area contributed by atoms with E-state index in [1.165, 1.54) is 11.8 Å². The van der Waals surface area contributed by atoms with Gasteiger partial charge in [-0.05, 0) is 36.4 Å². The number of ether oxygens (including phenoxy) is 1. The Labute approximate surface area is 161 Å². The van der Waals surface area contributed by atoms with Crippen LogP contribution < -0.4 is 10.1 Å². The van der Waals surface area contributed by atoms with Crippen LogP contribution in [-0.4, -0.2) is 45.1 Å². The van der Waals surface area contributed by atoms with Crippen LogP contribution in [0, 0.1) is 0 Å². The van der Waals surface area contributed by atoms with Crippen molar-refractivity contribution in [3.63, 3.8) is 0 Å². The second kappa shape index (κ2) is 9.00. The van der Waals surface area contributed by atoms with Crippen LogP contribution in [0.4, 0.5) is 0 Å². The van der Waals surface area contributed by atoms with E-state index in [2.05, 4.69) is 27.1 Å². The molecule has 0 radical (unpaired) electrons. The van der Waals surface area contributed by atoms with Crippen LogP contribution in [0.15, 0.2) is 66.6 Å². The zero-order chi connectivity index (χ0) is 19.1. The lowest BCUT2D eigenvalue weighted by atomic mass is 10.2. The van der Waals surface area contributed by atoms with Gasteiger partial charge in [-0.1, -0.05) is 17.8 Å². The lowest BCUT2D eigenvalue weighted by Crippen LogP contribution is -2.25. The lowest BCUT2D eigenvalue weighted by molar-refractivity contribution is -0.118. The fourth-order valence-corrected chi connectivity index (χ4v) is 3.16. The number of nitrogens with one attached hydrogen (secondary N) is 1. The first kappa shape index (κ1) is 18.7. The van der Waals surface area contributed by atoms with Crippen molar-refractivity contribution in [2.24, 2.45) is 0 Å². The fraction of sp³-hybridized carbons (Fsp3) is 0.158. The first-order valence-electron chi connectivity index (χ1n) is 8.23. The Kier molecular flexibility index (Phi) is 6.22. The topological polar surface area (TPSA) is 81.9 Å². The third kappa shape index (κ3) is 4.53. The minimum atomic E-state index is -0.0883. The average Bonchev–Trinajstić information content (AvgIpc) is 3.15. The number of nitrogens with zero attached hydrogens (tertiary/aromatic N) is 4. The van der Waals surface area contributed by atoms with E-state index in [0.717, 1.165) is 17.0 Å². The molecule has 7 nitrogen and oxygen atoms in total. The maximum absolute atomic E-state index is 11.9. The van der Waals surface area contributed by atoms with Gasteiger partial charge in [-0.2, -0.15) is 0 Å². The molecule has 0 saturated carbocycles. The molecule has 0 aliphatic heterocycles. The van der Waals surface area contributed by atoms with Gasteiger partial charge < -0.3 is 10.1 Å². The third-order valence-corrected chi connectivity index (χ3v) is 4.61. The zero-order valence-corrected chi connectivity index (χ0v) is 15.6. The number of aromatic nitrogens is 4. The quantitative estimate of drug-likeness (QED) is 0.477. The number of thioether (sulfide) groups is 1. The molecular weight excluding hydrogens is 362 g/mol. The summed E-state index contributed by atoms with van der Waals surface area (Å²) in [6, 6.07) is 11.3. The normalized spacial score (nSPS) is 10.4. The summed E-state index contributed by atoms with van der Waals surface area (Å²) in [7, 11) is 1.62. The molecular formula is C19H19N5O2S. The van der Waals surface area contributed by atoms with E-state index < -0.39 is 0 Å². The van der Waals surface area contributed by atoms with Gasteiger partial charge in [0.1, 0.15) is 5.75 Å². The summed E-state index contributed by atoms with van der Waals surface area (Å²) >= 11 is 1.32. The Bertz CT molecular complexity index is 910. The van der Waals surface area contributed by atoms with Gasteiger partial charge in [-0.15, -0.1) is 16.8 Å². The number of methoxy groups -OCH3 is 1. The van der Waals surface area contributed by atoms with Gasteiger partial charge in [0.2, 0.25) is 5.91 Å². The molecule has 2 aromatic heterocycles. The molecule has 0 saturated heterocycles. The number of hydrogen-bond acceptors (Lipinski definition) is 6. The first-order valence-corrected chi connectivity index (χ1v) is 9.22. The molecule has 27 heavy (non-hydrogen) atoms. The molecule has 0 bridgehead atoms. The number of carbonyl (C=O) groups is 1. The van der Waals surface area contributed by atoms with E-state index in [0.29, 0.717) is 17.5 Å². The second-order valence-corrected chi connectivity index (χ2v) is 6.40. The average molecular weight is 381 g/mol. The van der Waals surface area contributed by atoms with Crippen molar-refractivity contribution in [1.29, 1.82) is 0 Å². The Hall–Kier alpha value is -3.13. The van der Waals surface area contributed by atoms with E-state index >= 15 is 0 Å². The number of amides is 1. The van der Waals surface area contributed by atoms with E-state index in [9.17, 15) is 4.79 Å². The summed E-state index contributed by atoms with van der Waals surface area (Å²) in [6.07, 6.45) is 5.06. The molecule has 8 heteroatoms. The molecule has 0 unspecified atom stereocenters. The van der Waals surface area contributed by atoms with Crippen molar-refractivity contribution < 1.29 is 9.53 Å². The van der Waals surface area contributed by atoms with Crippen molar-refractivity contribution in [2.45, 2.75) is 5.16 Å². The van der Waals surface area contributed by atoms with E-state index in [1.54, 1.807) is 25.6 Å². The van der Waals surface area contributed by atoms with Gasteiger partial charge in [-0.3, -0.25) is 14.3 Å². The van der Waals surface area contributed by atoms with Crippen molar-refractivity contribution in [3.05, 3.63) is 61.4 Å². The van der Waals surface area contributed by atoms with Gasteiger partial charge in [0.15, 0.2) is 11.0 Å². The molecule has 0 aliphatic carbocycles. The van der Waals surface area contributed by atoms with Crippen molar-refractivity contribution in [2.75, 3.05) is 19.4 Å². The summed E-state index contributed by atoms with van der Waals surface area (Å²) in [4.78, 5) is 16.0. The summed E-state index contributed by atoms with van der Waals surface area (Å²) in [5, 5.41) is 12.0. The Morgan fingerprint density at radius 2 is 1.96 bits per heavy atom. The molecule has 1 N–H and O–H groups in total. The summed E-state index contributed by atoms with van der Waals surface area (Å²) < 4.78 is 7.15. The predicted molar refractivity (Wildman–Crippen MR) is 105 cm³/mol. The van der Waals surface area contributed by atoms with Crippen molar-refractivity contribution in [3.8, 4) is 22.8 Å². The van der Waals surface area contributed by atoms with Gasteiger partial charge in [0, 0.05) is 30.2 Å². The highest BCUT2D eigenvalue weighted by molar-refractivity contribution is 7.99. The van der Waals surface area contributed by atoms with Crippen LogP contribution in [0.25, 0.3) is 17.1 Å². The van der Waals surface area contributed by atoms with Crippen LogP contribution in [-0.2, 0) is 4.79 Å². The van der Waals surface area contributed by atoms with Gasteiger partial charge in [-0.25, -0.2) is 0 Å². The summed E-state index contributed by atoms with van der Waals surface area (Å²) in [6.45, 7) is 4.03. The number of rotatable bonds is 8. The standard InChI is InChI=1S/C19H19N5O2S/c1-3-10-21-17(25)13-27-19-23-22-18(14-8-11-20-12-9-14)24(19)15-4-6-16(26-2)7-5-15/h3-9,11-12H,1,10,13H2,2H3,(H,21,25). The van der Waals surface area contributed by atoms with Crippen LogP contribution in [0.1, 0.15) is 0 Å². The maximum atomic E-state index is 11.9. The first-order chi connectivity index (χ1) is 13.2. The summed E-state index contributed by atoms with van der Waals surface area (Å²) in [5.74, 6) is 1.58. The largest absolute Gasteiger partial charge is 0.497 e. The highest BCUT2D eigenvalue weighted by Gasteiger charge is 2.17. The Morgan fingerprint density at radius 1 is 1.22 bits per heavy atom. The number of hydrogen-bond donors (Lipinski definition) is 1. The molecule has 1 amide bonds. The van der Waals surface area contributed by atoms with Gasteiger partial charge in [0.05, 0.1) is 12.9 Å². The predicted octanol–water partition coefficient (Wildman–Crippen LogP) is 2.73. The lowest BCUT2D eigenvalue weighted by Gasteiger charge is -2.11. The molecule has 138 valence electrons. The SMILES string of the molecule is C=CCNC(=O)CSc1nnc(-c2ccncc2)n1-c1ccc(OC)cc1. The van der Waals surface area contributed by atoms with E-state index in [4.69, 9.17) is 4.74 Å². The highest BCUT2D eigenvalue weighted by Crippen LogP contribution is 2.28. The molecule has 1 aromatic carbocycles. The van der Waals surface area contributed by atoms with Crippen LogP contribution >= 0.6 is 11.8 Å². The number of benzene rings is 1. The van der Waals surface area contributed by atoms with Gasteiger partial charge in [0.25, 0.3) is 0 Å².